The first-order valence-electron chi connectivity index (χ1n) is 10.2. The second kappa shape index (κ2) is 8.68. The molecule has 1 unspecified atom stereocenters. The molecule has 0 aliphatic carbocycles. The number of nitrogens with one attached hydrogen (secondary N) is 1. The topological polar surface area (TPSA) is 85.9 Å². The number of carbonyl (C=O) groups is 2. The van der Waals surface area contributed by atoms with Gasteiger partial charge in [0.1, 0.15) is 11.5 Å². The first-order valence-corrected chi connectivity index (χ1v) is 10.5. The molecule has 2 heterocycles. The van der Waals surface area contributed by atoms with Crippen LogP contribution in [0, 0.1) is 0 Å². The number of hydrogen-bond donors (Lipinski definition) is 2. The first kappa shape index (κ1) is 21.9. The van der Waals surface area contributed by atoms with Gasteiger partial charge in [0.15, 0.2) is 0 Å². The van der Waals surface area contributed by atoms with E-state index in [0.29, 0.717) is 23.9 Å². The fourth-order valence-electron chi connectivity index (χ4n) is 4.07. The highest BCUT2D eigenvalue weighted by Gasteiger charge is 2.47. The molecule has 2 aromatic carbocycles. The fourth-order valence-corrected chi connectivity index (χ4v) is 4.24. The molecule has 8 heteroatoms. The number of rotatable bonds is 6. The number of Topliss-reactive ketones (excluding diaryl/α,β-unsaturated/α-hetero) is 1. The number of methoxy groups -OCH3 is 1. The Balaban J connectivity index is 1.95. The molecule has 166 valence electrons. The highest BCUT2D eigenvalue weighted by atomic mass is 35.5. The lowest BCUT2D eigenvalue weighted by molar-refractivity contribution is -0.140. The smallest absolute Gasteiger partial charge is 0.295 e. The minimum atomic E-state index is -0.755. The SMILES string of the molecule is COc1ccc(Cl)cc1/C(O)=C1\C(=O)C(=O)N(CCN(C)C)C1c1c[nH]c2ccccc12. The lowest BCUT2D eigenvalue weighted by Crippen LogP contribution is -2.35. The number of likely N-dealkylation sites (tertiary alicyclic amines) is 1. The lowest BCUT2D eigenvalue weighted by Gasteiger charge is -2.26. The van der Waals surface area contributed by atoms with Crippen LogP contribution in [0.25, 0.3) is 16.7 Å². The zero-order valence-electron chi connectivity index (χ0n) is 18.1. The molecule has 0 radical (unpaired) electrons. The van der Waals surface area contributed by atoms with Crippen LogP contribution in [-0.2, 0) is 9.59 Å². The number of halogens is 1. The molecule has 0 saturated carbocycles. The van der Waals surface area contributed by atoms with E-state index in [9.17, 15) is 14.7 Å². The summed E-state index contributed by atoms with van der Waals surface area (Å²) in [6.45, 7) is 0.887. The van der Waals surface area contributed by atoms with Gasteiger partial charge in [0.25, 0.3) is 11.7 Å². The van der Waals surface area contributed by atoms with Gasteiger partial charge >= 0.3 is 0 Å². The average Bonchev–Trinajstić information content (AvgIpc) is 3.30. The summed E-state index contributed by atoms with van der Waals surface area (Å²) in [5.74, 6) is -1.35. The Morgan fingerprint density at radius 1 is 1.22 bits per heavy atom. The summed E-state index contributed by atoms with van der Waals surface area (Å²) in [6.07, 6.45) is 1.78. The molecule has 2 N–H and O–H groups in total. The van der Waals surface area contributed by atoms with Crippen molar-refractivity contribution < 1.29 is 19.4 Å². The summed E-state index contributed by atoms with van der Waals surface area (Å²) >= 11 is 6.15. The Morgan fingerprint density at radius 2 is 1.97 bits per heavy atom. The third-order valence-electron chi connectivity index (χ3n) is 5.66. The number of carbonyl (C=O) groups excluding carboxylic acids is 2. The molecule has 3 aromatic rings. The van der Waals surface area contributed by atoms with Crippen LogP contribution in [0.2, 0.25) is 5.02 Å². The number of H-pyrrole nitrogens is 1. The molecule has 4 rings (SSSR count). The van der Waals surface area contributed by atoms with Crippen molar-refractivity contribution in [2.45, 2.75) is 6.04 Å². The molecule has 1 amide bonds. The molecule has 1 atom stereocenters. The van der Waals surface area contributed by atoms with Crippen molar-refractivity contribution in [1.82, 2.24) is 14.8 Å². The highest BCUT2D eigenvalue weighted by Crippen LogP contribution is 2.43. The van der Waals surface area contributed by atoms with E-state index in [2.05, 4.69) is 4.98 Å². The first-order chi connectivity index (χ1) is 15.3. The Morgan fingerprint density at radius 3 is 2.69 bits per heavy atom. The van der Waals surface area contributed by atoms with Crippen molar-refractivity contribution in [2.24, 2.45) is 0 Å². The maximum atomic E-state index is 13.2. The van der Waals surface area contributed by atoms with Crippen molar-refractivity contribution in [3.63, 3.8) is 0 Å². The van der Waals surface area contributed by atoms with Crippen LogP contribution in [0.3, 0.4) is 0 Å². The van der Waals surface area contributed by atoms with Crippen molar-refractivity contribution in [3.05, 3.63) is 70.4 Å². The predicted octanol–water partition coefficient (Wildman–Crippen LogP) is 3.81. The van der Waals surface area contributed by atoms with Gasteiger partial charge in [-0.15, -0.1) is 0 Å². The van der Waals surface area contributed by atoms with Crippen LogP contribution in [-0.4, -0.2) is 65.9 Å². The second-order valence-electron chi connectivity index (χ2n) is 7.93. The summed E-state index contributed by atoms with van der Waals surface area (Å²) in [4.78, 5) is 32.9. The van der Waals surface area contributed by atoms with Crippen molar-refractivity contribution in [3.8, 4) is 5.75 Å². The molecular formula is C24H24ClN3O4. The number of ether oxygens (including phenoxy) is 1. The minimum absolute atomic E-state index is 0.0130. The van der Waals surface area contributed by atoms with E-state index in [1.807, 2.05) is 43.3 Å². The zero-order chi connectivity index (χ0) is 23.0. The molecule has 1 saturated heterocycles. The number of amides is 1. The molecule has 32 heavy (non-hydrogen) atoms. The van der Waals surface area contributed by atoms with Gasteiger partial charge in [-0.25, -0.2) is 0 Å². The molecule has 0 bridgehead atoms. The van der Waals surface area contributed by atoms with Gasteiger partial charge in [-0.2, -0.15) is 0 Å². The number of hydrogen-bond acceptors (Lipinski definition) is 5. The fraction of sp³-hybridized carbons (Fsp3) is 0.250. The van der Waals surface area contributed by atoms with Crippen LogP contribution in [0.5, 0.6) is 5.75 Å². The van der Waals surface area contributed by atoms with Gasteiger partial charge in [-0.05, 0) is 38.4 Å². The third kappa shape index (κ3) is 3.74. The van der Waals surface area contributed by atoms with Crippen LogP contribution < -0.4 is 4.74 Å². The van der Waals surface area contributed by atoms with E-state index in [1.165, 1.54) is 18.1 Å². The number of para-hydroxylation sites is 1. The quantitative estimate of drug-likeness (QED) is 0.337. The van der Waals surface area contributed by atoms with E-state index in [-0.39, 0.29) is 16.9 Å². The van der Waals surface area contributed by atoms with E-state index in [4.69, 9.17) is 16.3 Å². The number of fused-ring (bicyclic) bond motifs is 1. The highest BCUT2D eigenvalue weighted by molar-refractivity contribution is 6.46. The summed E-state index contributed by atoms with van der Waals surface area (Å²) < 4.78 is 5.37. The van der Waals surface area contributed by atoms with Gasteiger partial charge in [0.2, 0.25) is 0 Å². The van der Waals surface area contributed by atoms with Gasteiger partial charge in [0, 0.05) is 40.8 Å². The van der Waals surface area contributed by atoms with Crippen LogP contribution in [0.1, 0.15) is 17.2 Å². The largest absolute Gasteiger partial charge is 0.507 e. The number of ketones is 1. The van der Waals surface area contributed by atoms with E-state index < -0.39 is 17.7 Å². The second-order valence-corrected chi connectivity index (χ2v) is 8.37. The van der Waals surface area contributed by atoms with E-state index in [0.717, 1.165) is 16.5 Å². The number of aromatic nitrogens is 1. The van der Waals surface area contributed by atoms with E-state index >= 15 is 0 Å². The Kier molecular flexibility index (Phi) is 5.95. The minimum Gasteiger partial charge on any atom is -0.507 e. The van der Waals surface area contributed by atoms with Gasteiger partial charge < -0.3 is 24.6 Å². The van der Waals surface area contributed by atoms with Crippen LogP contribution in [0.4, 0.5) is 0 Å². The molecule has 7 nitrogen and oxygen atoms in total. The van der Waals surface area contributed by atoms with Gasteiger partial charge in [0.05, 0.1) is 24.3 Å². The summed E-state index contributed by atoms with van der Waals surface area (Å²) in [5, 5.41) is 12.5. The summed E-state index contributed by atoms with van der Waals surface area (Å²) in [5.41, 5.74) is 1.89. The standard InChI is InChI=1S/C24H24ClN3O4/c1-27(2)10-11-28-21(17-13-26-18-7-5-4-6-15(17)18)20(23(30)24(28)31)22(29)16-12-14(25)8-9-19(16)32-3/h4-9,12-13,21,26,29H,10-11H2,1-3H3/b22-20+. The number of nitrogens with zero attached hydrogens (tertiary/aromatic N) is 2. The number of aliphatic hydroxyl groups excluding tert-OH is 1. The Hall–Kier alpha value is -3.29. The number of likely N-dealkylation sites (N-methyl/N-ethyl adjacent to an activating group) is 1. The Labute approximate surface area is 190 Å². The van der Waals surface area contributed by atoms with Gasteiger partial charge in [-0.3, -0.25) is 9.59 Å². The van der Waals surface area contributed by atoms with Crippen molar-refractivity contribution >= 4 is 40.0 Å². The molecular weight excluding hydrogens is 430 g/mol. The van der Waals surface area contributed by atoms with Crippen LogP contribution in [0.15, 0.2) is 54.2 Å². The number of aliphatic hydroxyl groups is 1. The van der Waals surface area contributed by atoms with E-state index in [1.54, 1.807) is 18.3 Å². The molecule has 1 aliphatic rings. The predicted molar refractivity (Wildman–Crippen MR) is 124 cm³/mol. The summed E-state index contributed by atoms with van der Waals surface area (Å²) in [7, 11) is 5.26. The summed E-state index contributed by atoms with van der Waals surface area (Å²) in [6, 6.07) is 11.7. The van der Waals surface area contributed by atoms with Crippen LogP contribution >= 0.6 is 11.6 Å². The molecule has 1 fully saturated rings. The molecule has 1 aromatic heterocycles. The zero-order valence-corrected chi connectivity index (χ0v) is 18.8. The number of aromatic amines is 1. The van der Waals surface area contributed by atoms with Crippen molar-refractivity contribution in [1.29, 1.82) is 0 Å². The maximum Gasteiger partial charge on any atom is 0.295 e. The average molecular weight is 454 g/mol. The number of benzene rings is 2. The van der Waals surface area contributed by atoms with Crippen molar-refractivity contribution in [2.75, 3.05) is 34.3 Å². The van der Waals surface area contributed by atoms with Gasteiger partial charge in [-0.1, -0.05) is 29.8 Å². The molecule has 0 spiro atoms. The Bertz CT molecular complexity index is 1230. The maximum absolute atomic E-state index is 13.2. The normalized spacial score (nSPS) is 18.2. The monoisotopic (exact) mass is 453 g/mol. The third-order valence-corrected chi connectivity index (χ3v) is 5.90. The molecule has 1 aliphatic heterocycles. The lowest BCUT2D eigenvalue weighted by atomic mass is 9.94.